The van der Waals surface area contributed by atoms with Crippen molar-refractivity contribution in [1.29, 1.82) is 0 Å². The van der Waals surface area contributed by atoms with Crippen LogP contribution in [0.25, 0.3) is 20.2 Å². The van der Waals surface area contributed by atoms with E-state index in [-0.39, 0.29) is 6.61 Å². The van der Waals surface area contributed by atoms with E-state index in [1.165, 1.54) is 4.70 Å². The Labute approximate surface area is 143 Å². The van der Waals surface area contributed by atoms with Crippen LogP contribution >= 0.6 is 11.3 Å². The van der Waals surface area contributed by atoms with Gasteiger partial charge in [0.2, 0.25) is 0 Å². The van der Waals surface area contributed by atoms with E-state index in [9.17, 15) is 9.90 Å². The summed E-state index contributed by atoms with van der Waals surface area (Å²) in [6, 6.07) is 11.5. The number of aliphatic hydroxyl groups excluding tert-OH is 1. The Hall–Kier alpha value is -2.51. The summed E-state index contributed by atoms with van der Waals surface area (Å²) < 4.78 is 2.21. The van der Waals surface area contributed by atoms with Crippen LogP contribution in [0.3, 0.4) is 0 Å². The molecule has 3 rings (SSSR count). The topological polar surface area (TPSA) is 105 Å². The average molecular weight is 344 g/mol. The van der Waals surface area contributed by atoms with Crippen LogP contribution in [0.15, 0.2) is 36.4 Å². The Morgan fingerprint density at radius 1 is 1.21 bits per heavy atom. The number of nitrogens with zero attached hydrogens (tertiary/aromatic N) is 1. The van der Waals surface area contributed by atoms with Gasteiger partial charge in [-0.2, -0.15) is 0 Å². The van der Waals surface area contributed by atoms with Gasteiger partial charge in [-0.1, -0.05) is 18.2 Å². The van der Waals surface area contributed by atoms with Crippen LogP contribution in [0.5, 0.6) is 0 Å². The third kappa shape index (κ3) is 3.08. The van der Waals surface area contributed by atoms with E-state index in [2.05, 4.69) is 17.4 Å². The lowest BCUT2D eigenvalue weighted by molar-refractivity contribution is 0.249. The fourth-order valence-electron chi connectivity index (χ4n) is 2.88. The molecular formula is C17H20N4O2S. The first kappa shape index (κ1) is 16.4. The number of urea groups is 1. The summed E-state index contributed by atoms with van der Waals surface area (Å²) in [6.45, 7) is 1.43. The molecule has 0 bridgehead atoms. The van der Waals surface area contributed by atoms with E-state index in [1.54, 1.807) is 11.3 Å². The average Bonchev–Trinajstić information content (AvgIpc) is 2.95. The monoisotopic (exact) mass is 344 g/mol. The number of aliphatic hydroxyl groups is 1. The number of nitrogens with one attached hydrogen (secondary N) is 1. The molecule has 6 N–H and O–H groups in total. The zero-order valence-electron chi connectivity index (χ0n) is 13.2. The predicted molar refractivity (Wildman–Crippen MR) is 101 cm³/mol. The molecule has 7 heteroatoms. The largest absolute Gasteiger partial charge is 0.398 e. The number of amides is 2. The lowest BCUT2D eigenvalue weighted by Crippen LogP contribution is -2.38. The maximum absolute atomic E-state index is 10.9. The molecule has 2 amide bonds. The number of carbonyl (C=O) groups excluding carboxylic acids is 1. The van der Waals surface area contributed by atoms with Gasteiger partial charge in [-0.3, -0.25) is 0 Å². The number of fused-ring (bicyclic) bond motifs is 3. The molecule has 0 spiro atoms. The Morgan fingerprint density at radius 2 is 2.00 bits per heavy atom. The van der Waals surface area contributed by atoms with Crippen LogP contribution in [0.1, 0.15) is 0 Å². The van der Waals surface area contributed by atoms with Gasteiger partial charge in [0.15, 0.2) is 0 Å². The maximum atomic E-state index is 10.9. The molecule has 1 heterocycles. The summed E-state index contributed by atoms with van der Waals surface area (Å²) in [5.41, 5.74) is 13.0. The molecule has 0 saturated heterocycles. The van der Waals surface area contributed by atoms with Crippen LogP contribution < -0.4 is 21.7 Å². The van der Waals surface area contributed by atoms with Crippen molar-refractivity contribution in [1.82, 2.24) is 5.32 Å². The molecule has 0 aliphatic rings. The van der Waals surface area contributed by atoms with Crippen molar-refractivity contribution in [3.63, 3.8) is 0 Å². The number of anilines is 2. The molecule has 0 atom stereocenters. The van der Waals surface area contributed by atoms with Gasteiger partial charge in [-0.25, -0.2) is 4.79 Å². The summed E-state index contributed by atoms with van der Waals surface area (Å²) in [6.07, 6.45) is 0. The smallest absolute Gasteiger partial charge is 0.312 e. The summed E-state index contributed by atoms with van der Waals surface area (Å²) in [5, 5.41) is 14.2. The molecule has 0 aliphatic carbocycles. The highest BCUT2D eigenvalue weighted by Crippen LogP contribution is 2.42. The van der Waals surface area contributed by atoms with Gasteiger partial charge in [0.25, 0.3) is 0 Å². The van der Waals surface area contributed by atoms with Gasteiger partial charge in [0.1, 0.15) is 0 Å². The number of primary amides is 1. The molecular weight excluding hydrogens is 324 g/mol. The molecule has 6 nitrogen and oxygen atoms in total. The summed E-state index contributed by atoms with van der Waals surface area (Å²) >= 11 is 1.66. The number of rotatable bonds is 6. The van der Waals surface area contributed by atoms with Crippen molar-refractivity contribution in [2.45, 2.75) is 0 Å². The summed E-state index contributed by atoms with van der Waals surface area (Å²) in [4.78, 5) is 12.9. The van der Waals surface area contributed by atoms with Gasteiger partial charge in [0.05, 0.1) is 11.3 Å². The molecule has 3 aromatic rings. The maximum Gasteiger partial charge on any atom is 0.312 e. The van der Waals surface area contributed by atoms with Crippen molar-refractivity contribution < 1.29 is 9.90 Å². The van der Waals surface area contributed by atoms with Crippen LogP contribution in [0, 0.1) is 0 Å². The predicted octanol–water partition coefficient (Wildman–Crippen LogP) is 2.10. The fourth-order valence-corrected chi connectivity index (χ4v) is 4.03. The first-order valence-corrected chi connectivity index (χ1v) is 8.52. The minimum Gasteiger partial charge on any atom is -0.398 e. The standard InChI is InChI=1S/C17H20N4O2S/c18-12-5-6-13(21(9-10-22)8-7-20-17(19)23)15-11-3-1-2-4-14(11)24-16(12)15/h1-6,22H,7-10,18H2,(H3,19,20,23). The van der Waals surface area contributed by atoms with Crippen molar-refractivity contribution in [2.75, 3.05) is 36.9 Å². The van der Waals surface area contributed by atoms with Gasteiger partial charge >= 0.3 is 6.03 Å². The normalized spacial score (nSPS) is 11.0. The van der Waals surface area contributed by atoms with Gasteiger partial charge in [-0.15, -0.1) is 11.3 Å². The van der Waals surface area contributed by atoms with Crippen LogP contribution in [0.2, 0.25) is 0 Å². The second-order valence-electron chi connectivity index (χ2n) is 5.48. The minimum absolute atomic E-state index is 0.0184. The van der Waals surface area contributed by atoms with E-state index < -0.39 is 6.03 Å². The number of hydrogen-bond acceptors (Lipinski definition) is 5. The Balaban J connectivity index is 2.08. The highest BCUT2D eigenvalue weighted by atomic mass is 32.1. The molecule has 126 valence electrons. The SMILES string of the molecule is NC(=O)NCCN(CCO)c1ccc(N)c2sc3ccccc3c12. The van der Waals surface area contributed by atoms with Crippen LogP contribution in [-0.4, -0.2) is 37.4 Å². The second-order valence-corrected chi connectivity index (χ2v) is 6.53. The number of nitrogen functional groups attached to an aromatic ring is 1. The Bertz CT molecular complexity index is 878. The first-order chi connectivity index (χ1) is 11.6. The van der Waals surface area contributed by atoms with Gasteiger partial charge in [0, 0.05) is 46.5 Å². The van der Waals surface area contributed by atoms with E-state index in [0.717, 1.165) is 26.8 Å². The third-order valence-corrected chi connectivity index (χ3v) is 5.15. The van der Waals surface area contributed by atoms with E-state index in [1.807, 2.05) is 29.2 Å². The third-order valence-electron chi connectivity index (χ3n) is 3.93. The van der Waals surface area contributed by atoms with E-state index in [0.29, 0.717) is 19.6 Å². The van der Waals surface area contributed by atoms with Crippen LogP contribution in [0.4, 0.5) is 16.2 Å². The molecule has 2 aromatic carbocycles. The van der Waals surface area contributed by atoms with Crippen molar-refractivity contribution >= 4 is 48.9 Å². The highest BCUT2D eigenvalue weighted by molar-refractivity contribution is 7.26. The van der Waals surface area contributed by atoms with Crippen molar-refractivity contribution in [3.8, 4) is 0 Å². The Morgan fingerprint density at radius 3 is 2.75 bits per heavy atom. The molecule has 0 saturated carbocycles. The lowest BCUT2D eigenvalue weighted by atomic mass is 10.1. The van der Waals surface area contributed by atoms with Crippen molar-refractivity contribution in [2.24, 2.45) is 5.73 Å². The highest BCUT2D eigenvalue weighted by Gasteiger charge is 2.16. The molecule has 1 aromatic heterocycles. The number of carbonyl (C=O) groups is 1. The zero-order chi connectivity index (χ0) is 17.1. The number of thiophene rings is 1. The number of benzene rings is 2. The zero-order valence-corrected chi connectivity index (χ0v) is 14.0. The second kappa shape index (κ2) is 6.94. The number of hydrogen-bond donors (Lipinski definition) is 4. The molecule has 0 radical (unpaired) electrons. The summed E-state index contributed by atoms with van der Waals surface area (Å²) in [5.74, 6) is 0. The molecule has 0 aliphatic heterocycles. The van der Waals surface area contributed by atoms with Crippen LogP contribution in [-0.2, 0) is 0 Å². The van der Waals surface area contributed by atoms with E-state index >= 15 is 0 Å². The Kier molecular flexibility index (Phi) is 4.73. The van der Waals surface area contributed by atoms with E-state index in [4.69, 9.17) is 11.5 Å². The lowest BCUT2D eigenvalue weighted by Gasteiger charge is -2.25. The van der Waals surface area contributed by atoms with Gasteiger partial charge in [-0.05, 0) is 18.2 Å². The summed E-state index contributed by atoms with van der Waals surface area (Å²) in [7, 11) is 0. The molecule has 24 heavy (non-hydrogen) atoms. The van der Waals surface area contributed by atoms with Gasteiger partial charge < -0.3 is 26.8 Å². The fraction of sp³-hybridized carbons (Fsp3) is 0.235. The first-order valence-electron chi connectivity index (χ1n) is 7.70. The minimum atomic E-state index is -0.553. The number of nitrogens with two attached hydrogens (primary N) is 2. The molecule has 0 unspecified atom stereocenters. The van der Waals surface area contributed by atoms with Crippen molar-refractivity contribution in [3.05, 3.63) is 36.4 Å². The quantitative estimate of drug-likeness (QED) is 0.514. The molecule has 0 fully saturated rings.